The van der Waals surface area contributed by atoms with Gasteiger partial charge in [-0.25, -0.2) is 4.79 Å². The van der Waals surface area contributed by atoms with Crippen molar-refractivity contribution in [2.75, 3.05) is 6.54 Å². The van der Waals surface area contributed by atoms with Crippen molar-refractivity contribution in [1.29, 1.82) is 0 Å². The van der Waals surface area contributed by atoms with Crippen LogP contribution in [0.25, 0.3) is 0 Å². The van der Waals surface area contributed by atoms with Gasteiger partial charge in [0.25, 0.3) is 0 Å². The third-order valence-electron chi connectivity index (χ3n) is 4.81. The summed E-state index contributed by atoms with van der Waals surface area (Å²) in [6.45, 7) is 6.20. The van der Waals surface area contributed by atoms with Crippen LogP contribution in [0.15, 0.2) is 36.0 Å². The number of benzene rings is 1. The molecule has 114 valence electrons. The molecule has 0 aromatic heterocycles. The smallest absolute Gasteiger partial charge is 0.414 e. The lowest BCUT2D eigenvalue weighted by atomic mass is 9.81. The Morgan fingerprint density at radius 3 is 2.77 bits per heavy atom. The minimum atomic E-state index is -0.534. The molecule has 1 saturated heterocycles. The highest BCUT2D eigenvalue weighted by molar-refractivity contribution is 6.09. The van der Waals surface area contributed by atoms with Gasteiger partial charge in [0.2, 0.25) is 0 Å². The predicted molar refractivity (Wildman–Crippen MR) is 81.6 cm³/mol. The Morgan fingerprint density at radius 1 is 1.32 bits per heavy atom. The molecule has 0 N–H and O–H groups in total. The average Bonchev–Trinajstić information content (AvgIpc) is 3.06. The van der Waals surface area contributed by atoms with Crippen LogP contribution >= 0.6 is 0 Å². The number of hydrogen-bond donors (Lipinski definition) is 0. The first-order chi connectivity index (χ1) is 10.3. The molecule has 4 rings (SSSR count). The fraction of sp³-hybridized carbons (Fsp3) is 0.444. The zero-order valence-corrected chi connectivity index (χ0v) is 13.1. The summed E-state index contributed by atoms with van der Waals surface area (Å²) in [5, 5.41) is 0. The molecule has 2 atom stereocenters. The zero-order valence-electron chi connectivity index (χ0n) is 13.1. The van der Waals surface area contributed by atoms with E-state index in [4.69, 9.17) is 4.74 Å². The molecule has 1 aromatic rings. The minimum Gasteiger partial charge on any atom is -0.443 e. The fourth-order valence-electron chi connectivity index (χ4n) is 3.88. The van der Waals surface area contributed by atoms with E-state index in [-0.39, 0.29) is 17.3 Å². The first-order valence-corrected chi connectivity index (χ1v) is 7.69. The summed E-state index contributed by atoms with van der Waals surface area (Å²) in [6.07, 6.45) is 2.30. The maximum atomic E-state index is 12.4. The van der Waals surface area contributed by atoms with Crippen LogP contribution < -0.4 is 0 Å². The number of amides is 1. The SMILES string of the molecule is CC(C)(C)OC(=O)N1CC2C[C@@]23C1=CC(=O)c1ccccc13. The Kier molecular flexibility index (Phi) is 2.47. The van der Waals surface area contributed by atoms with Gasteiger partial charge >= 0.3 is 6.09 Å². The second kappa shape index (κ2) is 4.00. The summed E-state index contributed by atoms with van der Waals surface area (Å²) < 4.78 is 5.49. The van der Waals surface area contributed by atoms with Crippen LogP contribution in [-0.2, 0) is 10.2 Å². The van der Waals surface area contributed by atoms with Gasteiger partial charge in [-0.2, -0.15) is 0 Å². The summed E-state index contributed by atoms with van der Waals surface area (Å²) in [7, 11) is 0. The Balaban J connectivity index is 1.74. The molecule has 1 unspecified atom stereocenters. The van der Waals surface area contributed by atoms with Gasteiger partial charge in [0.05, 0.1) is 0 Å². The summed E-state index contributed by atoms with van der Waals surface area (Å²) in [4.78, 5) is 26.5. The van der Waals surface area contributed by atoms with Crippen LogP contribution in [0.1, 0.15) is 43.1 Å². The maximum Gasteiger partial charge on any atom is 0.414 e. The second-order valence-electron chi connectivity index (χ2n) is 7.40. The van der Waals surface area contributed by atoms with Crippen LogP contribution in [0.3, 0.4) is 0 Å². The van der Waals surface area contributed by atoms with Crippen LogP contribution in [0.2, 0.25) is 0 Å². The Morgan fingerprint density at radius 2 is 2.05 bits per heavy atom. The van der Waals surface area contributed by atoms with Crippen molar-refractivity contribution in [3.8, 4) is 0 Å². The van der Waals surface area contributed by atoms with E-state index >= 15 is 0 Å². The number of ether oxygens (including phenoxy) is 1. The van der Waals surface area contributed by atoms with Crippen molar-refractivity contribution < 1.29 is 14.3 Å². The molecule has 2 fully saturated rings. The summed E-state index contributed by atoms with van der Waals surface area (Å²) in [6, 6.07) is 7.77. The lowest BCUT2D eigenvalue weighted by Gasteiger charge is -2.31. The largest absolute Gasteiger partial charge is 0.443 e. The molecule has 4 nitrogen and oxygen atoms in total. The van der Waals surface area contributed by atoms with Crippen molar-refractivity contribution in [3.05, 3.63) is 47.2 Å². The van der Waals surface area contributed by atoms with E-state index in [9.17, 15) is 9.59 Å². The molecule has 22 heavy (non-hydrogen) atoms. The molecular formula is C18H19NO3. The van der Waals surface area contributed by atoms with E-state index in [2.05, 4.69) is 0 Å². The Hall–Kier alpha value is -2.10. The van der Waals surface area contributed by atoms with Gasteiger partial charge in [-0.1, -0.05) is 24.3 Å². The van der Waals surface area contributed by atoms with Crippen molar-refractivity contribution in [1.82, 2.24) is 4.90 Å². The van der Waals surface area contributed by atoms with Crippen molar-refractivity contribution in [2.45, 2.75) is 38.2 Å². The van der Waals surface area contributed by atoms with Gasteiger partial charge in [-0.05, 0) is 38.7 Å². The quantitative estimate of drug-likeness (QED) is 0.738. The number of ketones is 1. The number of likely N-dealkylation sites (tertiary alicyclic amines) is 1. The highest BCUT2D eigenvalue weighted by Gasteiger charge is 2.67. The van der Waals surface area contributed by atoms with E-state index < -0.39 is 5.60 Å². The third kappa shape index (κ3) is 1.70. The zero-order chi connectivity index (χ0) is 15.7. The van der Waals surface area contributed by atoms with Gasteiger partial charge in [-0.3, -0.25) is 9.69 Å². The lowest BCUT2D eigenvalue weighted by molar-refractivity contribution is 0.0322. The molecule has 1 saturated carbocycles. The van der Waals surface area contributed by atoms with Gasteiger partial charge in [0, 0.05) is 29.3 Å². The molecular weight excluding hydrogens is 278 g/mol. The number of carbonyl (C=O) groups is 2. The molecule has 0 bridgehead atoms. The van der Waals surface area contributed by atoms with Gasteiger partial charge in [0.15, 0.2) is 5.78 Å². The van der Waals surface area contributed by atoms with Gasteiger partial charge < -0.3 is 4.74 Å². The standard InChI is InChI=1S/C18H19NO3/c1-17(2,3)22-16(21)19-10-11-9-18(11)13-7-5-4-6-12(13)14(20)8-15(18)19/h4-8,11H,9-10H2,1-3H3/t11?,18-/m1/s1. The van der Waals surface area contributed by atoms with E-state index in [1.54, 1.807) is 11.0 Å². The van der Waals surface area contributed by atoms with Crippen LogP contribution in [0.5, 0.6) is 0 Å². The number of fused-ring (bicyclic) bond motifs is 1. The first-order valence-electron chi connectivity index (χ1n) is 7.69. The number of piperidine rings is 1. The maximum absolute atomic E-state index is 12.4. The minimum absolute atomic E-state index is 0.0164. The first kappa shape index (κ1) is 13.6. The van der Waals surface area contributed by atoms with Gasteiger partial charge in [-0.15, -0.1) is 0 Å². The normalized spacial score (nSPS) is 28.5. The highest BCUT2D eigenvalue weighted by Crippen LogP contribution is 2.66. The molecule has 2 aliphatic carbocycles. The van der Waals surface area contributed by atoms with Crippen LogP contribution in [0, 0.1) is 5.92 Å². The Bertz CT molecular complexity index is 728. The second-order valence-corrected chi connectivity index (χ2v) is 7.40. The molecule has 0 radical (unpaired) electrons. The fourth-order valence-corrected chi connectivity index (χ4v) is 3.88. The Labute approximate surface area is 129 Å². The van der Waals surface area contributed by atoms with E-state index in [1.165, 1.54) is 0 Å². The molecule has 1 amide bonds. The molecule has 3 aliphatic rings. The van der Waals surface area contributed by atoms with Crippen molar-refractivity contribution >= 4 is 11.9 Å². The lowest BCUT2D eigenvalue weighted by Crippen LogP contribution is -2.37. The van der Waals surface area contributed by atoms with Crippen LogP contribution in [0.4, 0.5) is 4.79 Å². The molecule has 4 heteroatoms. The highest BCUT2D eigenvalue weighted by atomic mass is 16.6. The van der Waals surface area contributed by atoms with E-state index in [1.807, 2.05) is 45.0 Å². The van der Waals surface area contributed by atoms with E-state index in [0.29, 0.717) is 12.5 Å². The number of hydrogen-bond acceptors (Lipinski definition) is 3. The third-order valence-corrected chi connectivity index (χ3v) is 4.81. The van der Waals surface area contributed by atoms with Crippen LogP contribution in [-0.4, -0.2) is 28.9 Å². The number of nitrogens with zero attached hydrogens (tertiary/aromatic N) is 1. The summed E-state index contributed by atoms with van der Waals surface area (Å²) in [5.74, 6) is 0.387. The number of carbonyl (C=O) groups excluding carboxylic acids is 2. The molecule has 1 aliphatic heterocycles. The molecule has 1 heterocycles. The van der Waals surface area contributed by atoms with E-state index in [0.717, 1.165) is 23.2 Å². The number of allylic oxidation sites excluding steroid dienone is 2. The number of rotatable bonds is 0. The van der Waals surface area contributed by atoms with Gasteiger partial charge in [0.1, 0.15) is 5.60 Å². The van der Waals surface area contributed by atoms with Crippen molar-refractivity contribution in [3.63, 3.8) is 0 Å². The summed E-state index contributed by atoms with van der Waals surface area (Å²) >= 11 is 0. The molecule has 1 aromatic carbocycles. The van der Waals surface area contributed by atoms with Crippen molar-refractivity contribution in [2.24, 2.45) is 5.92 Å². The average molecular weight is 297 g/mol. The monoisotopic (exact) mass is 297 g/mol. The molecule has 1 spiro atoms. The topological polar surface area (TPSA) is 46.6 Å². The predicted octanol–water partition coefficient (Wildman–Crippen LogP) is 3.28. The summed E-state index contributed by atoms with van der Waals surface area (Å²) in [5.41, 5.74) is 2.01.